The molecule has 0 saturated heterocycles. The Kier molecular flexibility index (Phi) is 5.74. The molecule has 0 amide bonds. The Labute approximate surface area is 126 Å². The Morgan fingerprint density at radius 3 is 2.65 bits per heavy atom. The maximum atomic E-state index is 4.37. The van der Waals surface area contributed by atoms with Crippen molar-refractivity contribution in [1.29, 1.82) is 0 Å². The summed E-state index contributed by atoms with van der Waals surface area (Å²) in [5.41, 5.74) is 2.87. The number of aromatic nitrogens is 1. The molecule has 1 aromatic heterocycles. The van der Waals surface area contributed by atoms with Crippen molar-refractivity contribution in [3.05, 3.63) is 51.5 Å². The maximum absolute atomic E-state index is 4.37. The molecule has 1 aromatic carbocycles. The predicted molar refractivity (Wildman–Crippen MR) is 87.5 cm³/mol. The first-order valence-electron chi connectivity index (χ1n) is 7.35. The average Bonchev–Trinajstić information content (AvgIpc) is 2.84. The summed E-state index contributed by atoms with van der Waals surface area (Å²) in [5, 5.41) is 4.66. The van der Waals surface area contributed by atoms with Gasteiger partial charge in [-0.3, -0.25) is 0 Å². The van der Waals surface area contributed by atoms with E-state index in [-0.39, 0.29) is 0 Å². The zero-order valence-corrected chi connectivity index (χ0v) is 13.5. The van der Waals surface area contributed by atoms with Crippen LogP contribution in [0.25, 0.3) is 0 Å². The average molecular weight is 288 g/mol. The second-order valence-electron chi connectivity index (χ2n) is 5.35. The predicted octanol–water partition coefficient (Wildman–Crippen LogP) is 3.77. The van der Waals surface area contributed by atoms with E-state index < -0.39 is 0 Å². The van der Waals surface area contributed by atoms with Crippen LogP contribution in [0.3, 0.4) is 0 Å². The van der Waals surface area contributed by atoms with Gasteiger partial charge in [-0.1, -0.05) is 31.2 Å². The van der Waals surface area contributed by atoms with Crippen LogP contribution in [0, 0.1) is 19.8 Å². The zero-order valence-electron chi connectivity index (χ0n) is 12.6. The van der Waals surface area contributed by atoms with Crippen LogP contribution in [0.15, 0.2) is 30.5 Å². The highest BCUT2D eigenvalue weighted by molar-refractivity contribution is 7.11. The third-order valence-corrected chi connectivity index (χ3v) is 4.55. The van der Waals surface area contributed by atoms with Gasteiger partial charge in [0.15, 0.2) is 0 Å². The number of aryl methyl sites for hydroxylation is 2. The lowest BCUT2D eigenvalue weighted by Gasteiger charge is -2.17. The number of nitrogens with zero attached hydrogens (tertiary/aromatic N) is 1. The van der Waals surface area contributed by atoms with E-state index in [9.17, 15) is 0 Å². The minimum absolute atomic E-state index is 0.635. The van der Waals surface area contributed by atoms with Crippen LogP contribution in [0.5, 0.6) is 0 Å². The van der Waals surface area contributed by atoms with E-state index in [4.69, 9.17) is 0 Å². The molecule has 1 N–H and O–H groups in total. The summed E-state index contributed by atoms with van der Waals surface area (Å²) in [6.45, 7) is 8.56. The molecule has 0 saturated carbocycles. The minimum atomic E-state index is 0.635. The van der Waals surface area contributed by atoms with Crippen LogP contribution in [0.4, 0.5) is 0 Å². The van der Waals surface area contributed by atoms with Gasteiger partial charge in [-0.25, -0.2) is 4.98 Å². The van der Waals surface area contributed by atoms with Crippen LogP contribution in [0.2, 0.25) is 0 Å². The molecule has 3 heteroatoms. The fraction of sp³-hybridized carbons (Fsp3) is 0.471. The van der Waals surface area contributed by atoms with Gasteiger partial charge < -0.3 is 5.32 Å². The molecule has 108 valence electrons. The lowest BCUT2D eigenvalue weighted by atomic mass is 9.93. The molecule has 20 heavy (non-hydrogen) atoms. The molecule has 1 unspecified atom stereocenters. The van der Waals surface area contributed by atoms with Crippen molar-refractivity contribution in [3.63, 3.8) is 0 Å². The molecule has 2 rings (SSSR count). The van der Waals surface area contributed by atoms with Crippen LogP contribution in [-0.2, 0) is 12.8 Å². The largest absolute Gasteiger partial charge is 0.317 e. The van der Waals surface area contributed by atoms with E-state index in [0.29, 0.717) is 5.92 Å². The minimum Gasteiger partial charge on any atom is -0.317 e. The molecule has 0 aliphatic carbocycles. The summed E-state index contributed by atoms with van der Waals surface area (Å²) in [6.07, 6.45) is 4.29. The fourth-order valence-electron chi connectivity index (χ4n) is 2.50. The Morgan fingerprint density at radius 1 is 1.20 bits per heavy atom. The molecular weight excluding hydrogens is 264 g/mol. The first kappa shape index (κ1) is 15.2. The van der Waals surface area contributed by atoms with Crippen molar-refractivity contribution in [1.82, 2.24) is 10.3 Å². The van der Waals surface area contributed by atoms with Gasteiger partial charge in [0, 0.05) is 11.1 Å². The van der Waals surface area contributed by atoms with Gasteiger partial charge in [0.05, 0.1) is 5.01 Å². The Balaban J connectivity index is 2.05. The monoisotopic (exact) mass is 288 g/mol. The quantitative estimate of drug-likeness (QED) is 0.839. The number of thiazole rings is 1. The first-order chi connectivity index (χ1) is 9.69. The normalized spacial score (nSPS) is 12.6. The van der Waals surface area contributed by atoms with Crippen LogP contribution in [0.1, 0.15) is 27.9 Å². The number of rotatable bonds is 7. The van der Waals surface area contributed by atoms with Gasteiger partial charge in [-0.05, 0) is 56.8 Å². The molecular formula is C17H24N2S. The Morgan fingerprint density at radius 2 is 2.00 bits per heavy atom. The van der Waals surface area contributed by atoms with E-state index in [2.05, 4.69) is 55.3 Å². The summed E-state index contributed by atoms with van der Waals surface area (Å²) in [6, 6.07) is 8.72. The smallest absolute Gasteiger partial charge is 0.0896 e. The molecule has 0 spiro atoms. The molecule has 0 fully saturated rings. The number of nitrogens with one attached hydrogen (secondary N) is 1. The second-order valence-corrected chi connectivity index (χ2v) is 6.67. The number of hydrogen-bond acceptors (Lipinski definition) is 3. The maximum Gasteiger partial charge on any atom is 0.0896 e. The highest BCUT2D eigenvalue weighted by atomic mass is 32.1. The molecule has 0 aliphatic heterocycles. The Bertz CT molecular complexity index is 533. The van der Waals surface area contributed by atoms with E-state index in [1.165, 1.54) is 16.0 Å². The molecule has 2 nitrogen and oxygen atoms in total. The zero-order chi connectivity index (χ0) is 14.4. The summed E-state index contributed by atoms with van der Waals surface area (Å²) < 4.78 is 0. The second kappa shape index (κ2) is 7.55. The van der Waals surface area contributed by atoms with Gasteiger partial charge in [-0.15, -0.1) is 11.3 Å². The summed E-state index contributed by atoms with van der Waals surface area (Å²) in [7, 11) is 0. The van der Waals surface area contributed by atoms with E-state index in [1.807, 2.05) is 17.5 Å². The number of hydrogen-bond donors (Lipinski definition) is 1. The summed E-state index contributed by atoms with van der Waals surface area (Å²) in [4.78, 5) is 5.77. The van der Waals surface area contributed by atoms with Crippen molar-refractivity contribution in [3.8, 4) is 0 Å². The molecule has 0 bridgehead atoms. The molecule has 1 heterocycles. The fourth-order valence-corrected chi connectivity index (χ4v) is 3.41. The van der Waals surface area contributed by atoms with Crippen LogP contribution in [-0.4, -0.2) is 18.1 Å². The SMILES string of the molecule is CCNCC(Cc1cnc(C)s1)Cc1ccccc1C. The van der Waals surface area contributed by atoms with Gasteiger partial charge in [0.2, 0.25) is 0 Å². The van der Waals surface area contributed by atoms with E-state index >= 15 is 0 Å². The standard InChI is InChI=1S/C17H24N2S/c1-4-18-11-15(10-17-12-19-14(3)20-17)9-16-8-6-5-7-13(16)2/h5-8,12,15,18H,4,9-11H2,1-3H3. The highest BCUT2D eigenvalue weighted by Crippen LogP contribution is 2.20. The van der Waals surface area contributed by atoms with E-state index in [0.717, 1.165) is 30.9 Å². The molecule has 0 radical (unpaired) electrons. The van der Waals surface area contributed by atoms with Gasteiger partial charge in [-0.2, -0.15) is 0 Å². The van der Waals surface area contributed by atoms with Crippen molar-refractivity contribution >= 4 is 11.3 Å². The first-order valence-corrected chi connectivity index (χ1v) is 8.17. The van der Waals surface area contributed by atoms with Crippen molar-refractivity contribution in [2.45, 2.75) is 33.6 Å². The molecule has 2 aromatic rings. The van der Waals surface area contributed by atoms with Crippen LogP contribution < -0.4 is 5.32 Å². The van der Waals surface area contributed by atoms with Gasteiger partial charge in [0.1, 0.15) is 0 Å². The Hall–Kier alpha value is -1.19. The lowest BCUT2D eigenvalue weighted by Crippen LogP contribution is -2.25. The summed E-state index contributed by atoms with van der Waals surface area (Å²) in [5.74, 6) is 0.635. The topological polar surface area (TPSA) is 24.9 Å². The van der Waals surface area contributed by atoms with Crippen molar-refractivity contribution < 1.29 is 0 Å². The third-order valence-electron chi connectivity index (χ3n) is 3.61. The van der Waals surface area contributed by atoms with Gasteiger partial charge in [0.25, 0.3) is 0 Å². The van der Waals surface area contributed by atoms with Crippen molar-refractivity contribution in [2.75, 3.05) is 13.1 Å². The lowest BCUT2D eigenvalue weighted by molar-refractivity contribution is 0.480. The van der Waals surface area contributed by atoms with Crippen molar-refractivity contribution in [2.24, 2.45) is 5.92 Å². The molecule has 1 atom stereocenters. The van der Waals surface area contributed by atoms with Crippen LogP contribution >= 0.6 is 11.3 Å². The molecule has 0 aliphatic rings. The van der Waals surface area contributed by atoms with Gasteiger partial charge >= 0.3 is 0 Å². The number of benzene rings is 1. The summed E-state index contributed by atoms with van der Waals surface area (Å²) >= 11 is 1.83. The highest BCUT2D eigenvalue weighted by Gasteiger charge is 2.13. The third kappa shape index (κ3) is 4.43. The van der Waals surface area contributed by atoms with E-state index in [1.54, 1.807) is 0 Å².